The molecule has 0 aliphatic heterocycles. The Morgan fingerprint density at radius 1 is 1.33 bits per heavy atom. The zero-order valence-corrected chi connectivity index (χ0v) is 9.68. The Bertz CT molecular complexity index is 306. The van der Waals surface area contributed by atoms with E-state index < -0.39 is 21.7 Å². The maximum Gasteiger partial charge on any atom is 0.322 e. The molecule has 0 aromatic carbocycles. The highest BCUT2D eigenvalue weighted by Crippen LogP contribution is 2.17. The minimum Gasteiger partial charge on any atom is -0.468 e. The van der Waals surface area contributed by atoms with Gasteiger partial charge >= 0.3 is 5.97 Å². The average molecular weight is 235 g/mol. The molecule has 88 valence electrons. The summed E-state index contributed by atoms with van der Waals surface area (Å²) in [4.78, 5) is 10.8. The van der Waals surface area contributed by atoms with Crippen molar-refractivity contribution in [1.82, 2.24) is 4.72 Å². The average Bonchev–Trinajstić information content (AvgIpc) is 2.17. The van der Waals surface area contributed by atoms with Crippen LogP contribution in [0.2, 0.25) is 0 Å². The molecule has 1 aliphatic rings. The second-order valence-electron chi connectivity index (χ2n) is 3.79. The molecule has 1 saturated carbocycles. The molecule has 0 unspecified atom stereocenters. The van der Waals surface area contributed by atoms with Gasteiger partial charge in [0.1, 0.15) is 0 Å². The van der Waals surface area contributed by atoms with Crippen LogP contribution in [0.15, 0.2) is 0 Å². The van der Waals surface area contributed by atoms with Gasteiger partial charge in [0.2, 0.25) is 10.0 Å². The predicted octanol–water partition coefficient (Wildman–Crippen LogP) is 0.411. The van der Waals surface area contributed by atoms with Gasteiger partial charge in [-0.3, -0.25) is 4.79 Å². The first kappa shape index (κ1) is 12.4. The summed E-state index contributed by atoms with van der Waals surface area (Å²) in [5.74, 6) is -1.31. The van der Waals surface area contributed by atoms with Gasteiger partial charge in [-0.2, -0.15) is 0 Å². The van der Waals surface area contributed by atoms with Crippen LogP contribution in [-0.2, 0) is 19.6 Å². The smallest absolute Gasteiger partial charge is 0.322 e. The third-order valence-corrected chi connectivity index (χ3v) is 3.80. The van der Waals surface area contributed by atoms with E-state index in [0.717, 1.165) is 32.1 Å². The molecule has 0 radical (unpaired) electrons. The lowest BCUT2D eigenvalue weighted by molar-refractivity contribution is -0.137. The van der Waals surface area contributed by atoms with Gasteiger partial charge in [0.15, 0.2) is 5.75 Å². The molecule has 15 heavy (non-hydrogen) atoms. The third-order valence-electron chi connectivity index (χ3n) is 2.49. The Balaban J connectivity index is 2.44. The van der Waals surface area contributed by atoms with Crippen LogP contribution < -0.4 is 4.72 Å². The van der Waals surface area contributed by atoms with E-state index in [-0.39, 0.29) is 6.04 Å². The van der Waals surface area contributed by atoms with E-state index in [2.05, 4.69) is 9.46 Å². The number of methoxy groups -OCH3 is 1. The third kappa shape index (κ3) is 4.61. The summed E-state index contributed by atoms with van der Waals surface area (Å²) >= 11 is 0. The highest BCUT2D eigenvalue weighted by molar-refractivity contribution is 7.90. The van der Waals surface area contributed by atoms with E-state index in [9.17, 15) is 13.2 Å². The molecule has 1 N–H and O–H groups in total. The summed E-state index contributed by atoms with van der Waals surface area (Å²) in [5, 5.41) is 0. The number of nitrogens with one attached hydrogen (secondary N) is 1. The number of hydrogen-bond donors (Lipinski definition) is 1. The van der Waals surface area contributed by atoms with Crippen LogP contribution in [0.3, 0.4) is 0 Å². The second-order valence-corrected chi connectivity index (χ2v) is 5.54. The molecule has 0 bridgehead atoms. The molecular formula is C9H17NO4S. The van der Waals surface area contributed by atoms with Crippen LogP contribution in [0.25, 0.3) is 0 Å². The summed E-state index contributed by atoms with van der Waals surface area (Å²) in [5.41, 5.74) is 0. The van der Waals surface area contributed by atoms with Crippen LogP contribution in [0.1, 0.15) is 32.1 Å². The van der Waals surface area contributed by atoms with Crippen molar-refractivity contribution in [3.8, 4) is 0 Å². The standard InChI is InChI=1S/C9H17NO4S/c1-14-9(11)7-15(12,13)10-8-5-3-2-4-6-8/h8,10H,2-7H2,1H3. The molecule has 0 amide bonds. The highest BCUT2D eigenvalue weighted by atomic mass is 32.2. The van der Waals surface area contributed by atoms with Crippen molar-refractivity contribution in [1.29, 1.82) is 0 Å². The highest BCUT2D eigenvalue weighted by Gasteiger charge is 2.22. The summed E-state index contributed by atoms with van der Waals surface area (Å²) < 4.78 is 29.8. The molecule has 0 heterocycles. The number of esters is 1. The maximum absolute atomic E-state index is 11.5. The van der Waals surface area contributed by atoms with Gasteiger partial charge in [0.25, 0.3) is 0 Å². The van der Waals surface area contributed by atoms with Gasteiger partial charge in [-0.25, -0.2) is 13.1 Å². The molecule has 1 aliphatic carbocycles. The van der Waals surface area contributed by atoms with Gasteiger partial charge in [-0.05, 0) is 12.8 Å². The van der Waals surface area contributed by atoms with Gasteiger partial charge in [-0.15, -0.1) is 0 Å². The number of ether oxygens (including phenoxy) is 1. The minimum atomic E-state index is -3.52. The number of carbonyl (C=O) groups excluding carboxylic acids is 1. The Hall–Kier alpha value is -0.620. The van der Waals surface area contributed by atoms with Crippen molar-refractivity contribution in [2.45, 2.75) is 38.1 Å². The fourth-order valence-electron chi connectivity index (χ4n) is 1.73. The molecular weight excluding hydrogens is 218 g/mol. The van der Waals surface area contributed by atoms with E-state index in [4.69, 9.17) is 0 Å². The minimum absolute atomic E-state index is 0.00611. The Kier molecular flexibility index (Phi) is 4.53. The summed E-state index contributed by atoms with van der Waals surface area (Å²) in [6, 6.07) is -0.00611. The van der Waals surface area contributed by atoms with Crippen molar-refractivity contribution in [2.24, 2.45) is 0 Å². The maximum atomic E-state index is 11.5. The molecule has 6 heteroatoms. The summed E-state index contributed by atoms with van der Waals surface area (Å²) in [6.07, 6.45) is 4.98. The van der Waals surface area contributed by atoms with Crippen molar-refractivity contribution >= 4 is 16.0 Å². The molecule has 0 atom stereocenters. The van der Waals surface area contributed by atoms with Gasteiger partial charge in [0, 0.05) is 6.04 Å². The zero-order chi connectivity index (χ0) is 11.3. The molecule has 1 rings (SSSR count). The van der Waals surface area contributed by atoms with E-state index in [1.165, 1.54) is 7.11 Å². The van der Waals surface area contributed by atoms with Crippen LogP contribution in [0.5, 0.6) is 0 Å². The largest absolute Gasteiger partial charge is 0.468 e. The fraction of sp³-hybridized carbons (Fsp3) is 0.889. The first-order valence-electron chi connectivity index (χ1n) is 5.10. The lowest BCUT2D eigenvalue weighted by Crippen LogP contribution is -2.39. The van der Waals surface area contributed by atoms with E-state index in [1.807, 2.05) is 0 Å². The molecule has 0 saturated heterocycles. The number of carbonyl (C=O) groups is 1. The fourth-order valence-corrected chi connectivity index (χ4v) is 2.99. The van der Waals surface area contributed by atoms with Crippen molar-refractivity contribution in [3.63, 3.8) is 0 Å². The molecule has 5 nitrogen and oxygen atoms in total. The topological polar surface area (TPSA) is 72.5 Å². The zero-order valence-electron chi connectivity index (χ0n) is 8.86. The lowest BCUT2D eigenvalue weighted by Gasteiger charge is -2.22. The first-order valence-corrected chi connectivity index (χ1v) is 6.75. The second kappa shape index (κ2) is 5.46. The van der Waals surface area contributed by atoms with Crippen LogP contribution in [-0.4, -0.2) is 33.3 Å². The normalized spacial score (nSPS) is 18.7. The SMILES string of the molecule is COC(=O)CS(=O)(=O)NC1CCCCC1. The molecule has 0 aromatic rings. The van der Waals surface area contributed by atoms with Crippen LogP contribution >= 0.6 is 0 Å². The monoisotopic (exact) mass is 235 g/mol. The molecule has 1 fully saturated rings. The number of rotatable bonds is 4. The van der Waals surface area contributed by atoms with Crippen LogP contribution in [0, 0.1) is 0 Å². The van der Waals surface area contributed by atoms with Crippen LogP contribution in [0.4, 0.5) is 0 Å². The number of hydrogen-bond acceptors (Lipinski definition) is 4. The van der Waals surface area contributed by atoms with E-state index in [0.29, 0.717) is 0 Å². The first-order chi connectivity index (χ1) is 7.03. The van der Waals surface area contributed by atoms with Gasteiger partial charge in [0.05, 0.1) is 7.11 Å². The number of sulfonamides is 1. The summed E-state index contributed by atoms with van der Waals surface area (Å²) in [7, 11) is -2.34. The predicted molar refractivity (Wildman–Crippen MR) is 55.8 cm³/mol. The Morgan fingerprint density at radius 2 is 1.93 bits per heavy atom. The van der Waals surface area contributed by atoms with Gasteiger partial charge < -0.3 is 4.74 Å². The van der Waals surface area contributed by atoms with E-state index >= 15 is 0 Å². The quantitative estimate of drug-likeness (QED) is 0.716. The Morgan fingerprint density at radius 3 is 2.47 bits per heavy atom. The molecule has 0 aromatic heterocycles. The van der Waals surface area contributed by atoms with Crippen molar-refractivity contribution in [3.05, 3.63) is 0 Å². The van der Waals surface area contributed by atoms with Crippen molar-refractivity contribution < 1.29 is 17.9 Å². The molecule has 0 spiro atoms. The Labute approximate surface area is 90.2 Å². The lowest BCUT2D eigenvalue weighted by atomic mass is 9.96. The van der Waals surface area contributed by atoms with E-state index in [1.54, 1.807) is 0 Å². The summed E-state index contributed by atoms with van der Waals surface area (Å²) in [6.45, 7) is 0. The van der Waals surface area contributed by atoms with Gasteiger partial charge in [-0.1, -0.05) is 19.3 Å². The van der Waals surface area contributed by atoms with Crippen molar-refractivity contribution in [2.75, 3.05) is 12.9 Å².